The highest BCUT2D eigenvalue weighted by molar-refractivity contribution is 14.1. The highest BCUT2D eigenvalue weighted by Gasteiger charge is 2.34. The van der Waals surface area contributed by atoms with Crippen LogP contribution in [-0.4, -0.2) is 55.3 Å². The summed E-state index contributed by atoms with van der Waals surface area (Å²) in [6.45, 7) is -0.699. The number of alkyl halides is 1. The van der Waals surface area contributed by atoms with Gasteiger partial charge in [-0.2, -0.15) is 10.3 Å². The van der Waals surface area contributed by atoms with Gasteiger partial charge >= 0.3 is 14.0 Å². The number of carbonyl (C=O) groups is 1. The van der Waals surface area contributed by atoms with Crippen LogP contribution in [-0.2, 0) is 30.3 Å². The summed E-state index contributed by atoms with van der Waals surface area (Å²) in [5.41, 5.74) is -0.990. The van der Waals surface area contributed by atoms with Crippen molar-refractivity contribution in [3.8, 4) is 6.07 Å². The second-order valence-corrected chi connectivity index (χ2v) is 9.16. The average Bonchev–Trinajstić information content (AvgIpc) is 3.07. The monoisotopic (exact) mass is 614 g/mol. The van der Waals surface area contributed by atoms with Crippen molar-refractivity contribution in [2.75, 3.05) is 17.8 Å². The quantitative estimate of drug-likeness (QED) is 0.0858. The van der Waals surface area contributed by atoms with Gasteiger partial charge in [-0.15, -0.1) is 0 Å². The van der Waals surface area contributed by atoms with Crippen LogP contribution in [0.25, 0.3) is 11.0 Å². The van der Waals surface area contributed by atoms with Crippen molar-refractivity contribution in [2.45, 2.75) is 18.9 Å². The third-order valence-corrected chi connectivity index (χ3v) is 5.95. The first kappa shape index (κ1) is 26.2. The summed E-state index contributed by atoms with van der Waals surface area (Å²) < 4.78 is 60.2. The van der Waals surface area contributed by atoms with Crippen molar-refractivity contribution in [1.82, 2.24) is 9.55 Å². The van der Waals surface area contributed by atoms with Gasteiger partial charge in [0.2, 0.25) is 18.6 Å². The number of phosphoric acid groups is 1. The molecule has 1 aliphatic carbocycles. The molecule has 184 valence electrons. The lowest BCUT2D eigenvalue weighted by molar-refractivity contribution is -0.0569. The zero-order chi connectivity index (χ0) is 25.0. The molecule has 1 aromatic heterocycles. The summed E-state index contributed by atoms with van der Waals surface area (Å²) in [6.07, 6.45) is -0.755. The van der Waals surface area contributed by atoms with E-state index in [4.69, 9.17) is 29.3 Å². The lowest BCUT2D eigenvalue weighted by Crippen LogP contribution is -2.35. The second kappa shape index (κ2) is 10.9. The summed E-state index contributed by atoms with van der Waals surface area (Å²) in [4.78, 5) is 37.1. The molecule has 0 saturated heterocycles. The summed E-state index contributed by atoms with van der Waals surface area (Å²) in [5.74, 6) is -1.99. The Morgan fingerprint density at radius 1 is 1.41 bits per heavy atom. The van der Waals surface area contributed by atoms with Gasteiger partial charge in [-0.05, 0) is 24.8 Å². The summed E-state index contributed by atoms with van der Waals surface area (Å²) in [5, 5.41) is 8.95. The molecule has 12 nitrogen and oxygen atoms in total. The van der Waals surface area contributed by atoms with E-state index in [-0.39, 0.29) is 39.8 Å². The van der Waals surface area contributed by atoms with E-state index in [1.54, 1.807) is 6.07 Å². The zero-order valence-corrected chi connectivity index (χ0v) is 20.5. The zero-order valence-electron chi connectivity index (χ0n) is 17.5. The van der Waals surface area contributed by atoms with Gasteiger partial charge in [-0.25, -0.2) is 23.1 Å². The maximum atomic E-state index is 14.4. The lowest BCUT2D eigenvalue weighted by atomic mass is 9.83. The minimum atomic E-state index is -4.54. The molecule has 1 saturated carbocycles. The van der Waals surface area contributed by atoms with Crippen molar-refractivity contribution >= 4 is 59.4 Å². The van der Waals surface area contributed by atoms with Crippen LogP contribution in [0.4, 0.5) is 19.5 Å². The number of halogens is 3. The Bertz CT molecular complexity index is 1210. The molecule has 0 unspecified atom stereocenters. The smallest absolute Gasteiger partial charge is 0.443 e. The number of nitriles is 1. The van der Waals surface area contributed by atoms with Gasteiger partial charge in [0.1, 0.15) is 23.2 Å². The van der Waals surface area contributed by atoms with Crippen LogP contribution in [0.5, 0.6) is 0 Å². The Kier molecular flexibility index (Phi) is 8.42. The van der Waals surface area contributed by atoms with Crippen LogP contribution < -0.4 is 0 Å². The first-order chi connectivity index (χ1) is 16.0. The predicted octanol–water partition coefficient (Wildman–Crippen LogP) is 3.20. The number of fused-ring (bicyclic) bond motifs is 1. The van der Waals surface area contributed by atoms with Gasteiger partial charge < -0.3 is 28.6 Å². The second-order valence-electron chi connectivity index (χ2n) is 7.16. The van der Waals surface area contributed by atoms with Crippen LogP contribution in [0.2, 0.25) is 0 Å². The number of nitrogens with zero attached hydrogens (tertiary/aromatic N) is 4. The Labute approximate surface area is 204 Å². The Morgan fingerprint density at radius 3 is 2.74 bits per heavy atom. The number of imidazole rings is 1. The SMILES string of the molecule is Cn1c(/N=C(/CI)OCOC(=O)OC2CC(COP(=O)(O)O)C2)nc2c(F)cc(C#N)c(F)c21. The van der Waals surface area contributed by atoms with Crippen LogP contribution in [0.3, 0.4) is 0 Å². The number of phosphoric ester groups is 1. The van der Waals surface area contributed by atoms with Crippen molar-refractivity contribution in [1.29, 1.82) is 5.26 Å². The van der Waals surface area contributed by atoms with E-state index < -0.39 is 44.1 Å². The normalized spacial score (nSPS) is 18.3. The Hall–Kier alpha value is -2.38. The number of aryl methyl sites for hydroxylation is 1. The van der Waals surface area contributed by atoms with Gasteiger partial charge in [-0.3, -0.25) is 4.52 Å². The Balaban J connectivity index is 1.53. The minimum absolute atomic E-state index is 0.0476. The number of benzene rings is 1. The molecular formula is C18H18F2IN4O8P. The molecule has 0 spiro atoms. The van der Waals surface area contributed by atoms with Gasteiger partial charge in [-0.1, -0.05) is 22.6 Å². The number of carbonyl (C=O) groups excluding carboxylic acids is 1. The van der Waals surface area contributed by atoms with Crippen LogP contribution in [0, 0.1) is 28.9 Å². The minimum Gasteiger partial charge on any atom is -0.443 e. The molecular weight excluding hydrogens is 596 g/mol. The summed E-state index contributed by atoms with van der Waals surface area (Å²) in [7, 11) is -3.14. The lowest BCUT2D eigenvalue weighted by Gasteiger charge is -2.33. The molecule has 1 aliphatic rings. The van der Waals surface area contributed by atoms with E-state index in [0.29, 0.717) is 12.8 Å². The fourth-order valence-electron chi connectivity index (χ4n) is 3.11. The van der Waals surface area contributed by atoms with Crippen molar-refractivity contribution in [3.63, 3.8) is 0 Å². The van der Waals surface area contributed by atoms with Gasteiger partial charge in [0.15, 0.2) is 11.6 Å². The van der Waals surface area contributed by atoms with Crippen LogP contribution >= 0.6 is 30.4 Å². The molecule has 3 rings (SSSR count). The fourth-order valence-corrected chi connectivity index (χ4v) is 3.90. The van der Waals surface area contributed by atoms with E-state index in [9.17, 15) is 18.1 Å². The average molecular weight is 614 g/mol. The third kappa shape index (κ3) is 6.39. The number of rotatable bonds is 8. The fraction of sp³-hybridized carbons (Fsp3) is 0.444. The van der Waals surface area contributed by atoms with E-state index in [2.05, 4.69) is 14.5 Å². The van der Waals surface area contributed by atoms with Crippen molar-refractivity contribution < 1.29 is 46.7 Å². The summed E-state index contributed by atoms with van der Waals surface area (Å²) in [6, 6.07) is 2.33. The first-order valence-corrected chi connectivity index (χ1v) is 12.6. The molecule has 2 aromatic rings. The maximum absolute atomic E-state index is 14.4. The molecule has 1 fully saturated rings. The molecule has 16 heteroatoms. The number of hydrogen-bond acceptors (Lipinski definition) is 9. The molecule has 0 bridgehead atoms. The molecule has 1 aromatic carbocycles. The highest BCUT2D eigenvalue weighted by Crippen LogP contribution is 2.40. The molecule has 1 heterocycles. The van der Waals surface area contributed by atoms with Crippen molar-refractivity contribution in [2.24, 2.45) is 18.0 Å². The molecule has 0 radical (unpaired) electrons. The van der Waals surface area contributed by atoms with E-state index in [1.807, 2.05) is 22.6 Å². The predicted molar refractivity (Wildman–Crippen MR) is 119 cm³/mol. The number of aliphatic imine (C=N–C) groups is 1. The maximum Gasteiger partial charge on any atom is 0.511 e. The van der Waals surface area contributed by atoms with Gasteiger partial charge in [0.05, 0.1) is 16.6 Å². The van der Waals surface area contributed by atoms with Gasteiger partial charge in [0.25, 0.3) is 0 Å². The number of hydrogen-bond donors (Lipinski definition) is 2. The molecule has 0 aliphatic heterocycles. The number of ether oxygens (including phenoxy) is 3. The molecule has 2 N–H and O–H groups in total. The first-order valence-electron chi connectivity index (χ1n) is 9.56. The van der Waals surface area contributed by atoms with Crippen LogP contribution in [0.1, 0.15) is 18.4 Å². The topological polar surface area (TPSA) is 165 Å². The molecule has 0 atom stereocenters. The standard InChI is InChI=1S/C18H18F2IN4O8P/c1-25-16-14(20)10(6-22)4-12(19)15(16)24-17(25)23-13(5-21)30-8-31-18(26)33-11-2-9(3-11)7-32-34(27,28)29/h4,9,11H,2-3,5,7-8H2,1H3,(H2,27,28,29)/b23-13-. The third-order valence-electron chi connectivity index (χ3n) is 4.81. The molecule has 0 amide bonds. The van der Waals surface area contributed by atoms with Crippen LogP contribution in [0.15, 0.2) is 11.1 Å². The highest BCUT2D eigenvalue weighted by atomic mass is 127. The summed E-state index contributed by atoms with van der Waals surface area (Å²) >= 11 is 1.92. The Morgan fingerprint density at radius 2 is 2.12 bits per heavy atom. The van der Waals surface area contributed by atoms with E-state index >= 15 is 0 Å². The largest absolute Gasteiger partial charge is 0.511 e. The van der Waals surface area contributed by atoms with Gasteiger partial charge in [0, 0.05) is 7.05 Å². The van der Waals surface area contributed by atoms with E-state index in [0.717, 1.165) is 6.07 Å². The molecule has 34 heavy (non-hydrogen) atoms. The number of aromatic nitrogens is 2. The van der Waals surface area contributed by atoms with E-state index in [1.165, 1.54) is 11.6 Å². The van der Waals surface area contributed by atoms with Crippen molar-refractivity contribution in [3.05, 3.63) is 23.3 Å².